The number of aliphatic hydroxyl groups excluding tert-OH is 1. The Morgan fingerprint density at radius 2 is 2.42 bits per heavy atom. The summed E-state index contributed by atoms with van der Waals surface area (Å²) >= 11 is 1.40. The van der Waals surface area contributed by atoms with Crippen LogP contribution in [0.3, 0.4) is 0 Å². The Balaban J connectivity index is 2.64. The van der Waals surface area contributed by atoms with E-state index in [1.807, 2.05) is 0 Å². The highest BCUT2D eigenvalue weighted by molar-refractivity contribution is 7.10. The lowest BCUT2D eigenvalue weighted by Crippen LogP contribution is -2.36. The molecule has 1 amide bonds. The van der Waals surface area contributed by atoms with Crippen LogP contribution in [-0.4, -0.2) is 55.9 Å². The van der Waals surface area contributed by atoms with Crippen LogP contribution >= 0.6 is 11.3 Å². The summed E-state index contributed by atoms with van der Waals surface area (Å²) in [5, 5.41) is 11.3. The maximum atomic E-state index is 12.1. The number of ether oxygens (including phenoxy) is 1. The molecule has 0 fully saturated rings. The summed E-state index contributed by atoms with van der Waals surface area (Å²) in [6, 6.07) is 1.73. The second-order valence-corrected chi connectivity index (χ2v) is 4.91. The molecule has 0 spiro atoms. The Labute approximate surface area is 117 Å². The SMILES string of the molecule is COCC(O)CN(C)C(=O)c1csc(C#CCN)c1. The highest BCUT2D eigenvalue weighted by Gasteiger charge is 2.16. The lowest BCUT2D eigenvalue weighted by atomic mass is 10.2. The summed E-state index contributed by atoms with van der Waals surface area (Å²) in [7, 11) is 3.15. The van der Waals surface area contributed by atoms with Crippen molar-refractivity contribution in [2.75, 3.05) is 33.9 Å². The summed E-state index contributed by atoms with van der Waals surface area (Å²) in [5.74, 6) is 5.48. The molecule has 5 nitrogen and oxygen atoms in total. The molecule has 1 heterocycles. The second kappa shape index (κ2) is 7.92. The maximum Gasteiger partial charge on any atom is 0.254 e. The molecule has 0 saturated carbocycles. The van der Waals surface area contributed by atoms with Gasteiger partial charge in [0, 0.05) is 26.1 Å². The summed E-state index contributed by atoms with van der Waals surface area (Å²) in [5.41, 5.74) is 5.86. The van der Waals surface area contributed by atoms with Gasteiger partial charge in [-0.25, -0.2) is 0 Å². The number of rotatable bonds is 5. The van der Waals surface area contributed by atoms with Crippen molar-refractivity contribution < 1.29 is 14.6 Å². The first kappa shape index (κ1) is 15.7. The number of methoxy groups -OCH3 is 1. The smallest absolute Gasteiger partial charge is 0.254 e. The molecule has 0 aliphatic rings. The first-order chi connectivity index (χ1) is 9.08. The molecule has 1 atom stereocenters. The van der Waals surface area contributed by atoms with E-state index in [2.05, 4.69) is 11.8 Å². The predicted octanol–water partition coefficient (Wildman–Crippen LogP) is 0.138. The minimum atomic E-state index is -0.686. The molecule has 19 heavy (non-hydrogen) atoms. The van der Waals surface area contributed by atoms with E-state index in [4.69, 9.17) is 10.5 Å². The highest BCUT2D eigenvalue weighted by atomic mass is 32.1. The third-order valence-electron chi connectivity index (χ3n) is 2.35. The molecule has 1 unspecified atom stereocenters. The topological polar surface area (TPSA) is 75.8 Å². The molecule has 104 valence electrons. The molecular formula is C13H18N2O3S. The van der Waals surface area contributed by atoms with Crippen LogP contribution in [0.25, 0.3) is 0 Å². The summed E-state index contributed by atoms with van der Waals surface area (Å²) < 4.78 is 4.82. The molecule has 1 rings (SSSR count). The average Bonchev–Trinajstić information content (AvgIpc) is 2.84. The molecule has 0 saturated heterocycles. The third kappa shape index (κ3) is 5.01. The van der Waals surface area contributed by atoms with E-state index in [0.717, 1.165) is 4.88 Å². The lowest BCUT2D eigenvalue weighted by molar-refractivity contribution is 0.0380. The fourth-order valence-electron chi connectivity index (χ4n) is 1.52. The van der Waals surface area contributed by atoms with Gasteiger partial charge in [0.15, 0.2) is 0 Å². The van der Waals surface area contributed by atoms with Crippen LogP contribution in [-0.2, 0) is 4.74 Å². The number of likely N-dealkylation sites (N-methyl/N-ethyl adjacent to an activating group) is 1. The molecule has 0 radical (unpaired) electrons. The largest absolute Gasteiger partial charge is 0.389 e. The van der Waals surface area contributed by atoms with E-state index >= 15 is 0 Å². The second-order valence-electron chi connectivity index (χ2n) is 4.00. The number of nitrogens with two attached hydrogens (primary N) is 1. The van der Waals surface area contributed by atoms with Gasteiger partial charge in [-0.15, -0.1) is 11.3 Å². The van der Waals surface area contributed by atoms with Crippen molar-refractivity contribution in [2.24, 2.45) is 5.73 Å². The minimum absolute atomic E-state index is 0.146. The summed E-state index contributed by atoms with van der Waals surface area (Å²) in [6.45, 7) is 0.727. The van der Waals surface area contributed by atoms with Crippen LogP contribution in [0.15, 0.2) is 11.4 Å². The van der Waals surface area contributed by atoms with E-state index in [1.165, 1.54) is 23.3 Å². The normalized spacial score (nSPS) is 11.6. The van der Waals surface area contributed by atoms with E-state index in [0.29, 0.717) is 12.1 Å². The highest BCUT2D eigenvalue weighted by Crippen LogP contribution is 2.15. The van der Waals surface area contributed by atoms with Crippen molar-refractivity contribution in [3.63, 3.8) is 0 Å². The Bertz CT molecular complexity index is 476. The summed E-state index contributed by atoms with van der Waals surface area (Å²) in [4.78, 5) is 14.3. The van der Waals surface area contributed by atoms with E-state index in [-0.39, 0.29) is 19.1 Å². The lowest BCUT2D eigenvalue weighted by Gasteiger charge is -2.19. The first-order valence-corrected chi connectivity index (χ1v) is 6.66. The van der Waals surface area contributed by atoms with Crippen molar-refractivity contribution >= 4 is 17.2 Å². The molecule has 0 aliphatic heterocycles. The molecule has 1 aromatic heterocycles. The summed E-state index contributed by atoms with van der Waals surface area (Å²) in [6.07, 6.45) is -0.686. The number of thiophene rings is 1. The van der Waals surface area contributed by atoms with Crippen LogP contribution in [0.4, 0.5) is 0 Å². The van der Waals surface area contributed by atoms with Gasteiger partial charge in [0.2, 0.25) is 0 Å². The maximum absolute atomic E-state index is 12.1. The zero-order valence-corrected chi connectivity index (χ0v) is 11.9. The monoisotopic (exact) mass is 282 g/mol. The van der Waals surface area contributed by atoms with Crippen molar-refractivity contribution in [1.29, 1.82) is 0 Å². The number of carbonyl (C=O) groups excluding carboxylic acids is 1. The number of aliphatic hydroxyl groups is 1. The number of hydrogen-bond acceptors (Lipinski definition) is 5. The van der Waals surface area contributed by atoms with Gasteiger partial charge in [-0.05, 0) is 6.07 Å². The van der Waals surface area contributed by atoms with Gasteiger partial charge in [0.25, 0.3) is 5.91 Å². The molecule has 0 aliphatic carbocycles. The van der Waals surface area contributed by atoms with Gasteiger partial charge < -0.3 is 20.5 Å². The van der Waals surface area contributed by atoms with Gasteiger partial charge >= 0.3 is 0 Å². The fourth-order valence-corrected chi connectivity index (χ4v) is 2.27. The fraction of sp³-hybridized carbons (Fsp3) is 0.462. The van der Waals surface area contributed by atoms with Crippen LogP contribution in [0, 0.1) is 11.8 Å². The molecule has 6 heteroatoms. The van der Waals surface area contributed by atoms with Crippen molar-refractivity contribution in [2.45, 2.75) is 6.10 Å². The molecule has 3 N–H and O–H groups in total. The predicted molar refractivity (Wildman–Crippen MR) is 75.1 cm³/mol. The van der Waals surface area contributed by atoms with Crippen molar-refractivity contribution in [3.05, 3.63) is 21.9 Å². The van der Waals surface area contributed by atoms with E-state index in [1.54, 1.807) is 18.5 Å². The van der Waals surface area contributed by atoms with Gasteiger partial charge in [-0.3, -0.25) is 4.79 Å². The molecule has 0 bridgehead atoms. The Morgan fingerprint density at radius 3 is 3.05 bits per heavy atom. The van der Waals surface area contributed by atoms with Crippen LogP contribution in [0.5, 0.6) is 0 Å². The van der Waals surface area contributed by atoms with Gasteiger partial charge in [0.05, 0.1) is 29.7 Å². The Morgan fingerprint density at radius 1 is 1.68 bits per heavy atom. The van der Waals surface area contributed by atoms with E-state index < -0.39 is 6.10 Å². The molecular weight excluding hydrogens is 264 g/mol. The van der Waals surface area contributed by atoms with Crippen LogP contribution < -0.4 is 5.73 Å². The van der Waals surface area contributed by atoms with Gasteiger partial charge in [-0.2, -0.15) is 0 Å². The Hall–Kier alpha value is -1.39. The first-order valence-electron chi connectivity index (χ1n) is 5.78. The average molecular weight is 282 g/mol. The third-order valence-corrected chi connectivity index (χ3v) is 3.20. The minimum Gasteiger partial charge on any atom is -0.389 e. The van der Waals surface area contributed by atoms with Gasteiger partial charge in [-0.1, -0.05) is 11.8 Å². The number of carbonyl (C=O) groups is 1. The molecule has 0 aromatic carbocycles. The quantitative estimate of drug-likeness (QED) is 0.753. The number of hydrogen-bond donors (Lipinski definition) is 2. The zero-order chi connectivity index (χ0) is 14.3. The van der Waals surface area contributed by atoms with Crippen LogP contribution in [0.2, 0.25) is 0 Å². The van der Waals surface area contributed by atoms with Gasteiger partial charge in [0.1, 0.15) is 0 Å². The number of nitrogens with zero attached hydrogens (tertiary/aromatic N) is 1. The molecule has 1 aromatic rings. The zero-order valence-electron chi connectivity index (χ0n) is 11.0. The Kier molecular flexibility index (Phi) is 6.53. The van der Waals surface area contributed by atoms with Crippen LogP contribution in [0.1, 0.15) is 15.2 Å². The van der Waals surface area contributed by atoms with Crippen molar-refractivity contribution in [1.82, 2.24) is 4.90 Å². The van der Waals surface area contributed by atoms with Crippen molar-refractivity contribution in [3.8, 4) is 11.8 Å². The van der Waals surface area contributed by atoms with E-state index in [9.17, 15) is 9.90 Å². The standard InChI is InChI=1S/C13H18N2O3S/c1-15(7-11(16)8-18-2)13(17)10-6-12(19-9-10)4-3-5-14/h6,9,11,16H,5,7-8,14H2,1-2H3. The number of amides is 1.